The molecular formula is C23H20FN3O3S. The fraction of sp³-hybridized carbons (Fsp3) is 0.130. The molecule has 0 aliphatic heterocycles. The first-order chi connectivity index (χ1) is 15.1. The van der Waals surface area contributed by atoms with Crippen LogP contribution in [0, 0.1) is 5.82 Å². The highest BCUT2D eigenvalue weighted by Crippen LogP contribution is 2.20. The zero-order chi connectivity index (χ0) is 21.9. The number of benzene rings is 3. The summed E-state index contributed by atoms with van der Waals surface area (Å²) < 4.78 is 17.8. The minimum Gasteiger partial charge on any atom is -0.455 e. The van der Waals surface area contributed by atoms with Crippen LogP contribution < -0.4 is 5.32 Å². The van der Waals surface area contributed by atoms with Crippen LogP contribution in [0.25, 0.3) is 0 Å². The average molecular weight is 437 g/mol. The number of azo groups is 1. The Balaban J connectivity index is 1.36. The Morgan fingerprint density at radius 2 is 1.52 bits per heavy atom. The number of halogens is 1. The van der Waals surface area contributed by atoms with Gasteiger partial charge in [0.05, 0.1) is 17.1 Å². The van der Waals surface area contributed by atoms with Crippen molar-refractivity contribution in [3.63, 3.8) is 0 Å². The van der Waals surface area contributed by atoms with Gasteiger partial charge in [0, 0.05) is 11.4 Å². The van der Waals surface area contributed by atoms with Gasteiger partial charge in [0.25, 0.3) is 5.91 Å². The van der Waals surface area contributed by atoms with Crippen LogP contribution in [0.5, 0.6) is 0 Å². The number of thioether (sulfide) groups is 1. The number of nitrogens with one attached hydrogen (secondary N) is 1. The molecule has 0 radical (unpaired) electrons. The zero-order valence-electron chi connectivity index (χ0n) is 16.5. The molecule has 3 aromatic rings. The molecule has 0 saturated heterocycles. The highest BCUT2D eigenvalue weighted by Gasteiger charge is 2.08. The Hall–Kier alpha value is -3.52. The first-order valence-electron chi connectivity index (χ1n) is 9.43. The molecular weight excluding hydrogens is 417 g/mol. The van der Waals surface area contributed by atoms with Gasteiger partial charge in [0.2, 0.25) is 0 Å². The van der Waals surface area contributed by atoms with Gasteiger partial charge in [-0.05, 0) is 54.1 Å². The van der Waals surface area contributed by atoms with Crippen molar-refractivity contribution in [1.29, 1.82) is 0 Å². The lowest BCUT2D eigenvalue weighted by Crippen LogP contribution is -2.21. The summed E-state index contributed by atoms with van der Waals surface area (Å²) in [4.78, 5) is 23.7. The van der Waals surface area contributed by atoms with Gasteiger partial charge < -0.3 is 10.1 Å². The van der Waals surface area contributed by atoms with E-state index in [1.807, 2.05) is 30.3 Å². The van der Waals surface area contributed by atoms with Crippen molar-refractivity contribution in [2.45, 2.75) is 5.75 Å². The minimum absolute atomic E-state index is 0.103. The molecule has 0 heterocycles. The van der Waals surface area contributed by atoms with Gasteiger partial charge in [-0.15, -0.1) is 11.8 Å². The van der Waals surface area contributed by atoms with Crippen LogP contribution in [0.3, 0.4) is 0 Å². The first-order valence-corrected chi connectivity index (χ1v) is 10.6. The molecule has 0 bridgehead atoms. The maximum Gasteiger partial charge on any atom is 0.316 e. The molecule has 0 atom stereocenters. The van der Waals surface area contributed by atoms with E-state index in [0.29, 0.717) is 17.1 Å². The molecule has 0 saturated carbocycles. The molecule has 1 N–H and O–H groups in total. The first kappa shape index (κ1) is 22.2. The standard InChI is InChI=1S/C23H20FN3O3S/c24-18-8-6-17(7-9-18)15-31-16-23(29)30-14-22(28)25-19-10-12-21(13-11-19)27-26-20-4-2-1-3-5-20/h1-13H,14-16H2,(H,25,28). The second-order valence-corrected chi connectivity index (χ2v) is 7.40. The average Bonchev–Trinajstić information content (AvgIpc) is 2.79. The Bertz CT molecular complexity index is 1030. The molecule has 31 heavy (non-hydrogen) atoms. The van der Waals surface area contributed by atoms with Crippen LogP contribution in [0.4, 0.5) is 21.5 Å². The van der Waals surface area contributed by atoms with Gasteiger partial charge in [-0.1, -0.05) is 30.3 Å². The van der Waals surface area contributed by atoms with Gasteiger partial charge in [-0.2, -0.15) is 10.2 Å². The van der Waals surface area contributed by atoms with Gasteiger partial charge in [-0.3, -0.25) is 9.59 Å². The SMILES string of the molecule is O=C(COC(=O)CSCc1ccc(F)cc1)Nc1ccc(N=Nc2ccccc2)cc1. The van der Waals surface area contributed by atoms with E-state index in [0.717, 1.165) is 11.3 Å². The summed E-state index contributed by atoms with van der Waals surface area (Å²) >= 11 is 1.33. The molecule has 158 valence electrons. The topological polar surface area (TPSA) is 80.1 Å². The smallest absolute Gasteiger partial charge is 0.316 e. The lowest BCUT2D eigenvalue weighted by atomic mass is 10.2. The molecule has 0 unspecified atom stereocenters. The summed E-state index contributed by atoms with van der Waals surface area (Å²) in [5.74, 6) is -0.568. The van der Waals surface area contributed by atoms with Crippen molar-refractivity contribution in [2.75, 3.05) is 17.7 Å². The Labute approximate surface area is 183 Å². The number of nitrogens with zero attached hydrogens (tertiary/aromatic N) is 2. The van der Waals surface area contributed by atoms with E-state index in [1.54, 1.807) is 36.4 Å². The molecule has 0 aliphatic rings. The highest BCUT2D eigenvalue weighted by molar-refractivity contribution is 7.99. The largest absolute Gasteiger partial charge is 0.455 e. The third-order valence-corrected chi connectivity index (χ3v) is 4.93. The molecule has 3 rings (SSSR count). The highest BCUT2D eigenvalue weighted by atomic mass is 32.2. The summed E-state index contributed by atoms with van der Waals surface area (Å²) in [5.41, 5.74) is 2.86. The van der Waals surface area contributed by atoms with Crippen LogP contribution >= 0.6 is 11.8 Å². The molecule has 0 aliphatic carbocycles. The van der Waals surface area contributed by atoms with Crippen molar-refractivity contribution in [3.05, 3.63) is 90.2 Å². The van der Waals surface area contributed by atoms with Crippen LogP contribution in [0.2, 0.25) is 0 Å². The summed E-state index contributed by atoms with van der Waals surface area (Å²) in [6.07, 6.45) is 0. The van der Waals surface area contributed by atoms with Gasteiger partial charge in [0.15, 0.2) is 6.61 Å². The lowest BCUT2D eigenvalue weighted by molar-refractivity contribution is -0.144. The minimum atomic E-state index is -0.487. The van der Waals surface area contributed by atoms with E-state index in [-0.39, 0.29) is 18.2 Å². The molecule has 0 fully saturated rings. The van der Waals surface area contributed by atoms with Crippen molar-refractivity contribution < 1.29 is 18.7 Å². The number of carbonyl (C=O) groups is 2. The predicted octanol–water partition coefficient (Wildman–Crippen LogP) is 5.66. The second-order valence-electron chi connectivity index (χ2n) is 6.41. The van der Waals surface area contributed by atoms with Crippen LogP contribution in [-0.2, 0) is 20.1 Å². The quantitative estimate of drug-likeness (QED) is 0.346. The summed E-state index contributed by atoms with van der Waals surface area (Å²) in [5, 5.41) is 10.9. The third kappa shape index (κ3) is 8.02. The van der Waals surface area contributed by atoms with Gasteiger partial charge in [-0.25, -0.2) is 4.39 Å². The molecule has 8 heteroatoms. The molecule has 1 amide bonds. The monoisotopic (exact) mass is 437 g/mol. The number of ether oxygens (including phenoxy) is 1. The summed E-state index contributed by atoms with van der Waals surface area (Å²) in [6.45, 7) is -0.370. The summed E-state index contributed by atoms with van der Waals surface area (Å²) in [7, 11) is 0. The van der Waals surface area contributed by atoms with E-state index >= 15 is 0 Å². The predicted molar refractivity (Wildman–Crippen MR) is 119 cm³/mol. The van der Waals surface area contributed by atoms with Crippen LogP contribution in [-0.4, -0.2) is 24.2 Å². The van der Waals surface area contributed by atoms with E-state index in [1.165, 1.54) is 23.9 Å². The van der Waals surface area contributed by atoms with Crippen molar-refractivity contribution in [2.24, 2.45) is 10.2 Å². The number of amides is 1. The molecule has 6 nitrogen and oxygen atoms in total. The number of hydrogen-bond acceptors (Lipinski definition) is 6. The third-order valence-electron chi connectivity index (χ3n) is 3.95. The van der Waals surface area contributed by atoms with Crippen LogP contribution in [0.1, 0.15) is 5.56 Å². The fourth-order valence-corrected chi connectivity index (χ4v) is 3.22. The van der Waals surface area contributed by atoms with E-state index in [2.05, 4.69) is 15.5 Å². The number of carbonyl (C=O) groups excluding carboxylic acids is 2. The number of anilines is 1. The fourth-order valence-electron chi connectivity index (χ4n) is 2.44. The number of hydrogen-bond donors (Lipinski definition) is 1. The molecule has 0 spiro atoms. The second kappa shape index (κ2) is 11.6. The normalized spacial score (nSPS) is 10.7. The summed E-state index contributed by atoms with van der Waals surface area (Å²) in [6, 6.07) is 22.3. The Kier molecular flexibility index (Phi) is 8.30. The van der Waals surface area contributed by atoms with E-state index in [9.17, 15) is 14.0 Å². The van der Waals surface area contributed by atoms with Gasteiger partial charge in [0.1, 0.15) is 5.82 Å². The maximum atomic E-state index is 12.9. The van der Waals surface area contributed by atoms with Gasteiger partial charge >= 0.3 is 5.97 Å². The van der Waals surface area contributed by atoms with E-state index < -0.39 is 11.9 Å². The van der Waals surface area contributed by atoms with Crippen molar-refractivity contribution in [3.8, 4) is 0 Å². The molecule has 3 aromatic carbocycles. The number of rotatable bonds is 9. The Morgan fingerprint density at radius 3 is 2.19 bits per heavy atom. The number of esters is 1. The van der Waals surface area contributed by atoms with Crippen molar-refractivity contribution in [1.82, 2.24) is 0 Å². The zero-order valence-corrected chi connectivity index (χ0v) is 17.3. The maximum absolute atomic E-state index is 12.9. The van der Waals surface area contributed by atoms with Crippen molar-refractivity contribution >= 4 is 40.7 Å². The Morgan fingerprint density at radius 1 is 0.871 bits per heavy atom. The molecule has 0 aromatic heterocycles. The van der Waals surface area contributed by atoms with Crippen LogP contribution in [0.15, 0.2) is 89.1 Å². The van der Waals surface area contributed by atoms with E-state index in [4.69, 9.17) is 4.74 Å². The lowest BCUT2D eigenvalue weighted by Gasteiger charge is -2.07.